The number of thiol groups is 1. The largest absolute Gasteiger partial charge is 0.354 e. The minimum Gasteiger partial charge on any atom is -0.354 e. The summed E-state index contributed by atoms with van der Waals surface area (Å²) in [7, 11) is 0. The summed E-state index contributed by atoms with van der Waals surface area (Å²) in [6.07, 6.45) is 1.04. The molecule has 1 unspecified atom stereocenters. The molecule has 1 nitrogen and oxygen atoms in total. The highest BCUT2D eigenvalue weighted by Gasteiger charge is 2.11. The van der Waals surface area contributed by atoms with Crippen molar-refractivity contribution in [1.82, 2.24) is 4.98 Å². The number of aromatic amines is 1. The van der Waals surface area contributed by atoms with Crippen LogP contribution in [-0.4, -0.2) is 4.98 Å². The topological polar surface area (TPSA) is 15.8 Å². The van der Waals surface area contributed by atoms with Crippen molar-refractivity contribution >= 4 is 34.4 Å². The van der Waals surface area contributed by atoms with E-state index < -0.39 is 0 Å². The van der Waals surface area contributed by atoms with Gasteiger partial charge in [-0.1, -0.05) is 43.3 Å². The summed E-state index contributed by atoms with van der Waals surface area (Å²) in [5.74, 6) is 0. The van der Waals surface area contributed by atoms with E-state index in [9.17, 15) is 0 Å². The molecule has 0 amide bonds. The zero-order chi connectivity index (χ0) is 11.8. The van der Waals surface area contributed by atoms with Crippen LogP contribution >= 0.6 is 12.6 Å². The van der Waals surface area contributed by atoms with Crippen LogP contribution in [0, 0.1) is 0 Å². The first-order valence-electron chi connectivity index (χ1n) is 5.98. The van der Waals surface area contributed by atoms with Crippen LogP contribution in [0.3, 0.4) is 0 Å². The van der Waals surface area contributed by atoms with E-state index in [1.807, 2.05) is 0 Å². The highest BCUT2D eigenvalue weighted by Crippen LogP contribution is 2.33. The molecular weight excluding hydrogens is 226 g/mol. The van der Waals surface area contributed by atoms with Crippen molar-refractivity contribution in [2.75, 3.05) is 0 Å². The van der Waals surface area contributed by atoms with Crippen molar-refractivity contribution in [3.05, 3.63) is 48.0 Å². The number of hydrogen-bond donors (Lipinski definition) is 2. The Bertz CT molecular complexity index is 669. The van der Waals surface area contributed by atoms with Crippen molar-refractivity contribution < 1.29 is 0 Å². The second kappa shape index (κ2) is 4.11. The lowest BCUT2D eigenvalue weighted by Gasteiger charge is -2.09. The fraction of sp³-hybridized carbons (Fsp3) is 0.200. The monoisotopic (exact) mass is 241 g/mol. The van der Waals surface area contributed by atoms with Crippen LogP contribution in [0.4, 0.5) is 0 Å². The molecule has 1 atom stereocenters. The van der Waals surface area contributed by atoms with Crippen LogP contribution in [0.1, 0.15) is 24.2 Å². The molecule has 86 valence electrons. The first-order valence-corrected chi connectivity index (χ1v) is 6.50. The molecule has 0 aliphatic rings. The van der Waals surface area contributed by atoms with Crippen molar-refractivity contribution in [3.8, 4) is 0 Å². The standard InChI is InChI=1S/C15H15NS/c1-2-14(17)12-8-5-7-11-10-6-3-4-9-13(10)16-15(11)12/h3-9,14,16-17H,2H2,1H3. The maximum atomic E-state index is 4.66. The summed E-state index contributed by atoms with van der Waals surface area (Å²) in [6, 6.07) is 14.9. The molecule has 2 heteroatoms. The van der Waals surface area contributed by atoms with E-state index in [0.717, 1.165) is 6.42 Å². The van der Waals surface area contributed by atoms with Crippen molar-refractivity contribution in [2.45, 2.75) is 18.6 Å². The third-order valence-corrected chi connectivity index (χ3v) is 3.96. The van der Waals surface area contributed by atoms with E-state index in [4.69, 9.17) is 0 Å². The Labute approximate surface area is 106 Å². The van der Waals surface area contributed by atoms with Gasteiger partial charge in [-0.25, -0.2) is 0 Å². The van der Waals surface area contributed by atoms with Gasteiger partial charge in [-0.3, -0.25) is 0 Å². The summed E-state index contributed by atoms with van der Waals surface area (Å²) in [5.41, 5.74) is 3.73. The van der Waals surface area contributed by atoms with E-state index >= 15 is 0 Å². The third-order valence-electron chi connectivity index (χ3n) is 3.32. The number of aromatic nitrogens is 1. The lowest BCUT2D eigenvalue weighted by atomic mass is 10.1. The second-order valence-electron chi connectivity index (χ2n) is 4.36. The van der Waals surface area contributed by atoms with Gasteiger partial charge in [-0.15, -0.1) is 0 Å². The molecular formula is C15H15NS. The Balaban J connectivity index is 2.39. The Morgan fingerprint density at radius 3 is 2.65 bits per heavy atom. The third kappa shape index (κ3) is 1.64. The maximum Gasteiger partial charge on any atom is 0.0508 e. The van der Waals surface area contributed by atoms with E-state index in [1.54, 1.807) is 0 Å². The Morgan fingerprint density at radius 1 is 1.06 bits per heavy atom. The predicted molar refractivity (Wildman–Crippen MR) is 77.8 cm³/mol. The Morgan fingerprint density at radius 2 is 1.82 bits per heavy atom. The number of H-pyrrole nitrogens is 1. The predicted octanol–water partition coefficient (Wildman–Crippen LogP) is 4.70. The minimum absolute atomic E-state index is 0.298. The molecule has 0 aliphatic heterocycles. The van der Waals surface area contributed by atoms with Gasteiger partial charge in [0.15, 0.2) is 0 Å². The number of fused-ring (bicyclic) bond motifs is 3. The average Bonchev–Trinajstić information content (AvgIpc) is 2.76. The molecule has 0 saturated carbocycles. The van der Waals surface area contributed by atoms with Gasteiger partial charge in [0.25, 0.3) is 0 Å². The van der Waals surface area contributed by atoms with Gasteiger partial charge in [-0.2, -0.15) is 12.6 Å². The van der Waals surface area contributed by atoms with E-state index in [1.165, 1.54) is 27.4 Å². The molecule has 1 N–H and O–H groups in total. The molecule has 1 heterocycles. The van der Waals surface area contributed by atoms with Gasteiger partial charge in [0.2, 0.25) is 0 Å². The van der Waals surface area contributed by atoms with Crippen molar-refractivity contribution in [1.29, 1.82) is 0 Å². The molecule has 0 bridgehead atoms. The lowest BCUT2D eigenvalue weighted by molar-refractivity contribution is 0.908. The number of hydrogen-bond acceptors (Lipinski definition) is 1. The van der Waals surface area contributed by atoms with Crippen LogP contribution in [0.25, 0.3) is 21.8 Å². The van der Waals surface area contributed by atoms with Crippen molar-refractivity contribution in [2.24, 2.45) is 0 Å². The van der Waals surface area contributed by atoms with Gasteiger partial charge >= 0.3 is 0 Å². The zero-order valence-corrected chi connectivity index (χ0v) is 10.7. The molecule has 0 saturated heterocycles. The minimum atomic E-state index is 0.298. The normalized spacial score (nSPS) is 13.3. The summed E-state index contributed by atoms with van der Waals surface area (Å²) in [4.78, 5) is 3.51. The summed E-state index contributed by atoms with van der Waals surface area (Å²) in [5, 5.41) is 2.89. The summed E-state index contributed by atoms with van der Waals surface area (Å²) < 4.78 is 0. The van der Waals surface area contributed by atoms with Gasteiger partial charge < -0.3 is 4.98 Å². The molecule has 17 heavy (non-hydrogen) atoms. The summed E-state index contributed by atoms with van der Waals surface area (Å²) >= 11 is 4.66. The van der Waals surface area contributed by atoms with E-state index in [0.29, 0.717) is 5.25 Å². The molecule has 0 radical (unpaired) electrons. The van der Waals surface area contributed by atoms with Crippen LogP contribution < -0.4 is 0 Å². The van der Waals surface area contributed by atoms with Gasteiger partial charge in [0.05, 0.1) is 5.52 Å². The highest BCUT2D eigenvalue weighted by molar-refractivity contribution is 7.80. The SMILES string of the molecule is CCC(S)c1cccc2c1[nH]c1ccccc12. The summed E-state index contributed by atoms with van der Waals surface area (Å²) in [6.45, 7) is 2.17. The van der Waals surface area contributed by atoms with Crippen LogP contribution in [0.5, 0.6) is 0 Å². The van der Waals surface area contributed by atoms with Crippen LogP contribution in [0.2, 0.25) is 0 Å². The van der Waals surface area contributed by atoms with E-state index in [2.05, 4.69) is 67.0 Å². The maximum absolute atomic E-state index is 4.66. The average molecular weight is 241 g/mol. The molecule has 3 aromatic rings. The fourth-order valence-electron chi connectivity index (χ4n) is 2.39. The molecule has 3 rings (SSSR count). The van der Waals surface area contributed by atoms with Gasteiger partial charge in [0, 0.05) is 21.5 Å². The second-order valence-corrected chi connectivity index (χ2v) is 4.99. The first kappa shape index (κ1) is 10.7. The van der Waals surface area contributed by atoms with Gasteiger partial charge in [0.1, 0.15) is 0 Å². The van der Waals surface area contributed by atoms with Gasteiger partial charge in [-0.05, 0) is 18.1 Å². The van der Waals surface area contributed by atoms with Crippen LogP contribution in [0.15, 0.2) is 42.5 Å². The van der Waals surface area contributed by atoms with Crippen molar-refractivity contribution in [3.63, 3.8) is 0 Å². The highest BCUT2D eigenvalue weighted by atomic mass is 32.1. The zero-order valence-electron chi connectivity index (χ0n) is 9.77. The number of rotatable bonds is 2. The molecule has 1 aromatic heterocycles. The molecule has 0 fully saturated rings. The molecule has 2 aromatic carbocycles. The number of para-hydroxylation sites is 2. The van der Waals surface area contributed by atoms with Crippen LogP contribution in [-0.2, 0) is 0 Å². The quantitative estimate of drug-likeness (QED) is 0.605. The Hall–Kier alpha value is -1.41. The fourth-order valence-corrected chi connectivity index (χ4v) is 2.61. The smallest absolute Gasteiger partial charge is 0.0508 e. The molecule has 0 aliphatic carbocycles. The Kier molecular flexibility index (Phi) is 2.60. The lowest BCUT2D eigenvalue weighted by Crippen LogP contribution is -1.89. The number of benzene rings is 2. The first-order chi connectivity index (χ1) is 8.31. The molecule has 0 spiro atoms. The number of nitrogens with one attached hydrogen (secondary N) is 1. The van der Waals surface area contributed by atoms with E-state index in [-0.39, 0.29) is 0 Å².